The van der Waals surface area contributed by atoms with Crippen LogP contribution in [-0.2, 0) is 0 Å². The van der Waals surface area contributed by atoms with Crippen molar-refractivity contribution in [3.8, 4) is 0 Å². The second kappa shape index (κ2) is 4.47. The molecule has 0 saturated carbocycles. The van der Waals surface area contributed by atoms with Gasteiger partial charge in [0.1, 0.15) is 0 Å². The Hall–Kier alpha value is -1.02. The highest BCUT2D eigenvalue weighted by molar-refractivity contribution is 6.01. The van der Waals surface area contributed by atoms with Gasteiger partial charge in [0.2, 0.25) is 0 Å². The van der Waals surface area contributed by atoms with Gasteiger partial charge in [-0.25, -0.2) is 0 Å². The Balaban J connectivity index is 0.000000980. The quantitative estimate of drug-likeness (QED) is 0.657. The molecule has 0 N–H and O–H groups in total. The fourth-order valence-electron chi connectivity index (χ4n) is 1.77. The van der Waals surface area contributed by atoms with Crippen molar-refractivity contribution in [1.82, 2.24) is 0 Å². The molecule has 14 heavy (non-hydrogen) atoms. The minimum absolute atomic E-state index is 0. The second-order valence-corrected chi connectivity index (χ2v) is 3.47. The Morgan fingerprint density at radius 3 is 2.79 bits per heavy atom. The molecule has 0 fully saturated rings. The summed E-state index contributed by atoms with van der Waals surface area (Å²) >= 11 is 0. The van der Waals surface area contributed by atoms with Gasteiger partial charge in [-0.1, -0.05) is 12.1 Å². The highest BCUT2D eigenvalue weighted by Gasteiger charge is 2.17. The molecule has 1 aliphatic heterocycles. The maximum Gasteiger partial charge on any atom is 0.165 e. The molecule has 2 nitrogen and oxygen atoms in total. The molecule has 0 saturated heterocycles. The van der Waals surface area contributed by atoms with Gasteiger partial charge in [-0.3, -0.25) is 4.79 Å². The Morgan fingerprint density at radius 2 is 2.00 bits per heavy atom. The van der Waals surface area contributed by atoms with Crippen LogP contribution in [0.2, 0.25) is 0 Å². The van der Waals surface area contributed by atoms with Crippen molar-refractivity contribution in [2.24, 2.45) is 0 Å². The van der Waals surface area contributed by atoms with Crippen molar-refractivity contribution in [1.29, 1.82) is 0 Å². The number of carbonyl (C=O) groups is 1. The van der Waals surface area contributed by atoms with Crippen LogP contribution in [-0.4, -0.2) is 19.4 Å². The Kier molecular flexibility index (Phi) is 3.53. The summed E-state index contributed by atoms with van der Waals surface area (Å²) < 4.78 is 0. The summed E-state index contributed by atoms with van der Waals surface area (Å²) in [7, 11) is 2.04. The van der Waals surface area contributed by atoms with Crippen molar-refractivity contribution >= 4 is 23.9 Å². The highest BCUT2D eigenvalue weighted by atomic mass is 35.5. The molecular weight excluding hydrogens is 198 g/mol. The van der Waals surface area contributed by atoms with Crippen molar-refractivity contribution in [3.63, 3.8) is 0 Å². The van der Waals surface area contributed by atoms with Crippen molar-refractivity contribution in [3.05, 3.63) is 29.8 Å². The number of Topliss-reactive ketones (excluding diaryl/α,β-unsaturated/α-hetero) is 1. The molecule has 0 aliphatic carbocycles. The molecule has 0 bridgehead atoms. The molecule has 3 heteroatoms. The number of anilines is 1. The van der Waals surface area contributed by atoms with Crippen LogP contribution in [0.4, 0.5) is 5.69 Å². The number of fused-ring (bicyclic) bond motifs is 1. The lowest BCUT2D eigenvalue weighted by Crippen LogP contribution is -2.17. The molecule has 1 heterocycles. The van der Waals surface area contributed by atoms with Gasteiger partial charge >= 0.3 is 0 Å². The zero-order valence-corrected chi connectivity index (χ0v) is 9.01. The van der Waals surface area contributed by atoms with Gasteiger partial charge in [-0.2, -0.15) is 0 Å². The second-order valence-electron chi connectivity index (χ2n) is 3.47. The summed E-state index contributed by atoms with van der Waals surface area (Å²) in [5.74, 6) is 0.278. The minimum Gasteiger partial charge on any atom is -0.374 e. The number of benzene rings is 1. The number of para-hydroxylation sites is 1. The molecule has 0 atom stereocenters. The maximum absolute atomic E-state index is 11.6. The van der Waals surface area contributed by atoms with E-state index in [9.17, 15) is 4.79 Å². The van der Waals surface area contributed by atoms with E-state index in [1.807, 2.05) is 31.3 Å². The van der Waals surface area contributed by atoms with E-state index >= 15 is 0 Å². The molecular formula is C11H14ClNO. The van der Waals surface area contributed by atoms with Gasteiger partial charge in [0.15, 0.2) is 5.78 Å². The zero-order valence-electron chi connectivity index (χ0n) is 8.19. The summed E-state index contributed by atoms with van der Waals surface area (Å²) in [5, 5.41) is 0. The maximum atomic E-state index is 11.6. The van der Waals surface area contributed by atoms with Crippen LogP contribution in [0, 0.1) is 0 Å². The third kappa shape index (κ3) is 1.90. The normalized spacial score (nSPS) is 15.5. The number of hydrogen-bond acceptors (Lipinski definition) is 2. The lowest BCUT2D eigenvalue weighted by atomic mass is 10.1. The first kappa shape index (κ1) is 11.1. The van der Waals surface area contributed by atoms with E-state index < -0.39 is 0 Å². The summed E-state index contributed by atoms with van der Waals surface area (Å²) in [5.41, 5.74) is 1.95. The van der Waals surface area contributed by atoms with E-state index in [1.54, 1.807) is 0 Å². The molecule has 1 aromatic rings. The molecule has 0 aromatic heterocycles. The van der Waals surface area contributed by atoms with Gasteiger partial charge in [0.25, 0.3) is 0 Å². The van der Waals surface area contributed by atoms with Gasteiger partial charge in [0, 0.05) is 31.3 Å². The average Bonchev–Trinajstić information content (AvgIpc) is 2.29. The zero-order chi connectivity index (χ0) is 9.26. The van der Waals surface area contributed by atoms with E-state index in [0.717, 1.165) is 24.2 Å². The van der Waals surface area contributed by atoms with Crippen LogP contribution < -0.4 is 4.90 Å². The minimum atomic E-state index is 0. The van der Waals surface area contributed by atoms with Gasteiger partial charge in [-0.15, -0.1) is 12.4 Å². The van der Waals surface area contributed by atoms with Gasteiger partial charge < -0.3 is 4.90 Å². The lowest BCUT2D eigenvalue weighted by molar-refractivity contribution is 0.0984. The SMILES string of the molecule is CN1CCCC(=O)c2ccccc21.Cl. The summed E-state index contributed by atoms with van der Waals surface area (Å²) in [4.78, 5) is 13.8. The van der Waals surface area contributed by atoms with E-state index in [1.165, 1.54) is 0 Å². The first-order chi connectivity index (χ1) is 6.29. The van der Waals surface area contributed by atoms with Crippen LogP contribution >= 0.6 is 12.4 Å². The summed E-state index contributed by atoms with van der Waals surface area (Å²) in [6.07, 6.45) is 1.64. The smallest absolute Gasteiger partial charge is 0.165 e. The number of nitrogens with zero attached hydrogens (tertiary/aromatic N) is 1. The Morgan fingerprint density at radius 1 is 1.29 bits per heavy atom. The standard InChI is InChI=1S/C11H13NO.ClH/c1-12-8-4-7-11(13)9-5-2-3-6-10(9)12;/h2-3,5-6H,4,7-8H2,1H3;1H. The Bertz CT molecular complexity index is 338. The molecule has 0 spiro atoms. The van der Waals surface area contributed by atoms with E-state index in [4.69, 9.17) is 0 Å². The fraction of sp³-hybridized carbons (Fsp3) is 0.364. The van der Waals surface area contributed by atoms with Crippen molar-refractivity contribution < 1.29 is 4.79 Å². The Labute approximate surface area is 90.3 Å². The molecule has 0 unspecified atom stereocenters. The molecule has 1 aromatic carbocycles. The third-order valence-corrected chi connectivity index (χ3v) is 2.51. The van der Waals surface area contributed by atoms with Crippen LogP contribution in [0.5, 0.6) is 0 Å². The largest absolute Gasteiger partial charge is 0.374 e. The summed E-state index contributed by atoms with van der Waals surface area (Å²) in [6, 6.07) is 7.84. The van der Waals surface area contributed by atoms with Crippen LogP contribution in [0.1, 0.15) is 23.2 Å². The number of hydrogen-bond donors (Lipinski definition) is 0. The van der Waals surface area contributed by atoms with Crippen molar-refractivity contribution in [2.45, 2.75) is 12.8 Å². The highest BCUT2D eigenvalue weighted by Crippen LogP contribution is 2.24. The molecule has 2 rings (SSSR count). The van der Waals surface area contributed by atoms with E-state index in [2.05, 4.69) is 4.90 Å². The molecule has 1 aliphatic rings. The third-order valence-electron chi connectivity index (χ3n) is 2.51. The van der Waals surface area contributed by atoms with Crippen LogP contribution in [0.3, 0.4) is 0 Å². The van der Waals surface area contributed by atoms with E-state index in [-0.39, 0.29) is 18.2 Å². The number of rotatable bonds is 0. The lowest BCUT2D eigenvalue weighted by Gasteiger charge is -2.17. The number of ketones is 1. The molecule has 0 radical (unpaired) electrons. The summed E-state index contributed by atoms with van der Waals surface area (Å²) in [6.45, 7) is 0.975. The topological polar surface area (TPSA) is 20.3 Å². The van der Waals surface area contributed by atoms with Crippen molar-refractivity contribution in [2.75, 3.05) is 18.5 Å². The predicted octanol–water partition coefficient (Wildman–Crippen LogP) is 2.52. The number of halogens is 1. The first-order valence-corrected chi connectivity index (χ1v) is 4.62. The average molecular weight is 212 g/mol. The van der Waals surface area contributed by atoms with Crippen LogP contribution in [0.25, 0.3) is 0 Å². The fourth-order valence-corrected chi connectivity index (χ4v) is 1.77. The van der Waals surface area contributed by atoms with Gasteiger partial charge in [0.05, 0.1) is 0 Å². The van der Waals surface area contributed by atoms with Gasteiger partial charge in [-0.05, 0) is 18.6 Å². The monoisotopic (exact) mass is 211 g/mol. The first-order valence-electron chi connectivity index (χ1n) is 4.62. The van der Waals surface area contributed by atoms with Crippen LogP contribution in [0.15, 0.2) is 24.3 Å². The molecule has 76 valence electrons. The molecule has 0 amide bonds. The number of carbonyl (C=O) groups excluding carboxylic acids is 1. The van der Waals surface area contributed by atoms with E-state index in [0.29, 0.717) is 6.42 Å². The predicted molar refractivity (Wildman–Crippen MR) is 60.5 cm³/mol.